The van der Waals surface area contributed by atoms with E-state index in [-0.39, 0.29) is 40.5 Å². The number of amides is 1. The maximum atomic E-state index is 13.1. The molecule has 1 aromatic heterocycles. The smallest absolute Gasteiger partial charge is 0.548 e. The fourth-order valence-electron chi connectivity index (χ4n) is 3.16. The average molecular weight is 483 g/mol. The van der Waals surface area contributed by atoms with Gasteiger partial charge in [-0.3, -0.25) is 9.59 Å². The van der Waals surface area contributed by atoms with E-state index in [1.54, 1.807) is 0 Å². The van der Waals surface area contributed by atoms with Crippen molar-refractivity contribution in [2.75, 3.05) is 19.5 Å². The molecule has 162 valence electrons. The first-order valence-electron chi connectivity index (χ1n) is 8.13. The van der Waals surface area contributed by atoms with Crippen LogP contribution in [0.3, 0.4) is 0 Å². The van der Waals surface area contributed by atoms with Crippen LogP contribution in [-0.4, -0.2) is 93.4 Å². The number of carboxylic acids is 1. The second-order valence-corrected chi connectivity index (χ2v) is 9.82. The van der Waals surface area contributed by atoms with Gasteiger partial charge in [-0.15, -0.1) is 10.2 Å². The van der Waals surface area contributed by atoms with Gasteiger partial charge in [0.2, 0.25) is 5.16 Å². The minimum absolute atomic E-state index is 0. The van der Waals surface area contributed by atoms with Crippen LogP contribution in [0.4, 0.5) is 0 Å². The van der Waals surface area contributed by atoms with Crippen LogP contribution in [0.25, 0.3) is 0 Å². The number of hydrogen-bond donors (Lipinski definition) is 1. The molecule has 0 saturated carbocycles. The van der Waals surface area contributed by atoms with Gasteiger partial charge in [0, 0.05) is 6.08 Å². The zero-order valence-corrected chi connectivity index (χ0v) is 20.1. The van der Waals surface area contributed by atoms with Crippen LogP contribution in [0, 0.1) is 0 Å². The Labute approximate surface area is 201 Å². The minimum Gasteiger partial charge on any atom is -0.548 e. The van der Waals surface area contributed by atoms with E-state index in [4.69, 9.17) is 4.74 Å². The number of aromatic amines is 1. The van der Waals surface area contributed by atoms with Crippen LogP contribution < -0.4 is 34.7 Å². The van der Waals surface area contributed by atoms with Crippen molar-refractivity contribution in [2.24, 2.45) is 0 Å². The molecule has 0 radical (unpaired) electrons. The number of sulfone groups is 1. The van der Waals surface area contributed by atoms with Gasteiger partial charge in [0.05, 0.1) is 30.4 Å². The number of nitrogens with zero attached hydrogens (tertiary/aromatic N) is 4. The van der Waals surface area contributed by atoms with Crippen molar-refractivity contribution in [1.29, 1.82) is 0 Å². The molecule has 0 aromatic carbocycles. The molecule has 0 aliphatic carbocycles. The molecule has 2 aliphatic rings. The van der Waals surface area contributed by atoms with E-state index in [2.05, 4.69) is 25.4 Å². The van der Waals surface area contributed by atoms with Gasteiger partial charge in [-0.25, -0.2) is 13.2 Å². The van der Waals surface area contributed by atoms with Crippen molar-refractivity contribution in [2.45, 2.75) is 28.2 Å². The predicted octanol–water partition coefficient (Wildman–Crippen LogP) is -6.59. The number of carbonyl (C=O) groups excluding carboxylic acids is 4. The number of rotatable bonds is 7. The first-order valence-corrected chi connectivity index (χ1v) is 10.7. The van der Waals surface area contributed by atoms with Crippen LogP contribution in [0.5, 0.6) is 0 Å². The molecule has 0 spiro atoms. The van der Waals surface area contributed by atoms with Crippen LogP contribution in [0.15, 0.2) is 16.8 Å². The van der Waals surface area contributed by atoms with Gasteiger partial charge < -0.3 is 24.3 Å². The molecule has 3 heterocycles. The van der Waals surface area contributed by atoms with Gasteiger partial charge in [0.25, 0.3) is 5.91 Å². The Morgan fingerprint density at radius 3 is 2.61 bits per heavy atom. The van der Waals surface area contributed by atoms with Crippen LogP contribution >= 0.6 is 11.8 Å². The second-order valence-electron chi connectivity index (χ2n) is 6.41. The van der Waals surface area contributed by atoms with E-state index in [0.29, 0.717) is 11.0 Å². The molecule has 14 nitrogen and oxygen atoms in total. The number of aromatic nitrogens is 4. The van der Waals surface area contributed by atoms with Crippen molar-refractivity contribution in [1.82, 2.24) is 25.5 Å². The number of carboxylic acid groups (broad SMARTS) is 1. The van der Waals surface area contributed by atoms with E-state index in [1.165, 1.54) is 0 Å². The summed E-state index contributed by atoms with van der Waals surface area (Å²) < 4.78 is 33.3. The summed E-state index contributed by atoms with van der Waals surface area (Å²) in [5.41, 5.74) is -0.434. The van der Waals surface area contributed by atoms with E-state index >= 15 is 0 Å². The number of β-lactam (4-membered cyclic amide) rings is 1. The summed E-state index contributed by atoms with van der Waals surface area (Å²) in [6, 6.07) is -1.92. The summed E-state index contributed by atoms with van der Waals surface area (Å²) in [4.78, 5) is 48.0. The molecule has 31 heavy (non-hydrogen) atoms. The molecule has 0 unspecified atom stereocenters. The number of hydrogen-bond acceptors (Lipinski definition) is 13. The van der Waals surface area contributed by atoms with Crippen LogP contribution in [0.2, 0.25) is 0 Å². The largest absolute Gasteiger partial charge is 1.00 e. The van der Waals surface area contributed by atoms with Crippen molar-refractivity contribution in [3.63, 3.8) is 0 Å². The summed E-state index contributed by atoms with van der Waals surface area (Å²) in [6.07, 6.45) is 0.687. The first kappa shape index (κ1) is 25.3. The van der Waals surface area contributed by atoms with E-state index in [1.807, 2.05) is 0 Å². The summed E-state index contributed by atoms with van der Waals surface area (Å²) in [6.45, 7) is 0.176. The quantitative estimate of drug-likeness (QED) is 0.126. The van der Waals surface area contributed by atoms with E-state index < -0.39 is 62.0 Å². The normalized spacial score (nSPS) is 27.1. The summed E-state index contributed by atoms with van der Waals surface area (Å²) in [5.74, 6) is -4.95. The molecule has 3 rings (SSSR count). The molecule has 17 heteroatoms. The van der Waals surface area contributed by atoms with Gasteiger partial charge in [-0.1, -0.05) is 11.8 Å². The maximum absolute atomic E-state index is 13.1. The first-order chi connectivity index (χ1) is 14.0. The van der Waals surface area contributed by atoms with Gasteiger partial charge in [-0.05, 0) is 12.1 Å². The van der Waals surface area contributed by atoms with Crippen molar-refractivity contribution in [3.05, 3.63) is 11.6 Å². The maximum Gasteiger partial charge on any atom is 1.00 e. The molecule has 2 saturated heterocycles. The number of ether oxygens (including phenoxy) is 2. The van der Waals surface area contributed by atoms with Gasteiger partial charge in [-0.2, -0.15) is 5.21 Å². The number of esters is 2. The fourth-order valence-corrected chi connectivity index (χ4v) is 5.97. The van der Waals surface area contributed by atoms with Gasteiger partial charge in [0.15, 0.2) is 15.2 Å². The third-order valence-corrected chi connectivity index (χ3v) is 8.18. The SMILES string of the molecule is COC(=O)/C=C1\C(=O)N2[C@@H](C(=O)[O-])[C@](C)(COC(=O)CSc3nn[nH]n3)S(=O)(=O)[C@H]12.[Na+]. The Morgan fingerprint density at radius 1 is 1.39 bits per heavy atom. The number of aliphatic carboxylic acids is 1. The van der Waals surface area contributed by atoms with Crippen LogP contribution in [-0.2, 0) is 38.5 Å². The third-order valence-electron chi connectivity index (χ3n) is 4.66. The second kappa shape index (κ2) is 9.23. The molecular weight excluding hydrogens is 469 g/mol. The Morgan fingerprint density at radius 2 is 2.06 bits per heavy atom. The van der Waals surface area contributed by atoms with E-state index in [9.17, 15) is 32.7 Å². The van der Waals surface area contributed by atoms with Gasteiger partial charge in [0.1, 0.15) is 11.4 Å². The molecule has 2 fully saturated rings. The molecule has 0 bridgehead atoms. The minimum atomic E-state index is -4.43. The number of tetrazole rings is 1. The monoisotopic (exact) mass is 483 g/mol. The van der Waals surface area contributed by atoms with Crippen molar-refractivity contribution < 1.29 is 71.7 Å². The Kier molecular flexibility index (Phi) is 7.52. The standard InChI is InChI=1S/C14H15N5O9S2.Na/c1-14(5-28-8(21)4-29-13-15-17-18-16-13)9(12(23)24)19-10(22)6(3-7(20)27-2)11(19)30(14,25)26;/h3,9,11H,4-5H2,1-2H3,(H,23,24)(H,15,16,17,18);/q;+1/p-1/b6-3+;/t9-,11+,14-;/m0./s1. The number of H-pyrrole nitrogens is 1. The number of thioether (sulfide) groups is 1. The summed E-state index contributed by atoms with van der Waals surface area (Å²) in [5, 5.41) is 22.8. The summed E-state index contributed by atoms with van der Waals surface area (Å²) >= 11 is 0.853. The molecule has 1 aromatic rings. The zero-order chi connectivity index (χ0) is 22.3. The van der Waals surface area contributed by atoms with Crippen molar-refractivity contribution in [3.8, 4) is 0 Å². The topological polar surface area (TPSA) is 202 Å². The average Bonchev–Trinajstić information content (AvgIpc) is 3.26. The number of fused-ring (bicyclic) bond motifs is 1. The molecule has 1 amide bonds. The predicted molar refractivity (Wildman–Crippen MR) is 92.7 cm³/mol. The number of methoxy groups -OCH3 is 1. The Bertz CT molecular complexity index is 1040. The molecule has 2 aliphatic heterocycles. The molecular formula is C14H14N5NaO9S2. The van der Waals surface area contributed by atoms with Gasteiger partial charge >= 0.3 is 41.5 Å². The Hall–Kier alpha value is -2.01. The molecule has 1 N–H and O–H groups in total. The fraction of sp³-hybridized carbons (Fsp3) is 0.500. The summed E-state index contributed by atoms with van der Waals surface area (Å²) in [7, 11) is -3.40. The number of nitrogens with one attached hydrogen (secondary N) is 1. The Balaban J connectivity index is 0.00000341. The zero-order valence-electron chi connectivity index (χ0n) is 16.4. The van der Waals surface area contributed by atoms with Crippen molar-refractivity contribution >= 4 is 45.4 Å². The van der Waals surface area contributed by atoms with Crippen LogP contribution in [0.1, 0.15) is 6.92 Å². The third kappa shape index (κ3) is 4.21. The number of carbonyl (C=O) groups is 4. The molecule has 3 atom stereocenters. The van der Waals surface area contributed by atoms with E-state index in [0.717, 1.165) is 25.8 Å².